The molecule has 0 aliphatic rings. The normalized spacial score (nSPS) is 13.6. The summed E-state index contributed by atoms with van der Waals surface area (Å²) in [6, 6.07) is 13.5. The van der Waals surface area contributed by atoms with Gasteiger partial charge in [-0.05, 0) is 30.5 Å². The highest BCUT2D eigenvalue weighted by Gasteiger charge is 2.20. The Kier molecular flexibility index (Phi) is 3.09. The van der Waals surface area contributed by atoms with Crippen molar-refractivity contribution in [3.63, 3.8) is 0 Å². The third kappa shape index (κ3) is 2.52. The van der Waals surface area contributed by atoms with Gasteiger partial charge in [-0.2, -0.15) is 0 Å². The molecule has 1 nitrogen and oxygen atoms in total. The zero-order chi connectivity index (χ0) is 11.4. The van der Waals surface area contributed by atoms with Gasteiger partial charge in [-0.15, -0.1) is 11.3 Å². The standard InChI is InChI=1S/C14H12OS/c1-14(15,13-8-5-11-16-13)10-9-12-6-3-2-4-7-12/h2-8,11,15H,1H3. The summed E-state index contributed by atoms with van der Waals surface area (Å²) in [6.45, 7) is 1.72. The molecule has 1 aromatic heterocycles. The molecule has 1 N–H and O–H groups in total. The van der Waals surface area contributed by atoms with E-state index in [-0.39, 0.29) is 0 Å². The van der Waals surface area contributed by atoms with Crippen LogP contribution in [0, 0.1) is 11.8 Å². The van der Waals surface area contributed by atoms with Crippen molar-refractivity contribution in [3.8, 4) is 11.8 Å². The molecule has 1 unspecified atom stereocenters. The van der Waals surface area contributed by atoms with E-state index in [0.29, 0.717) is 0 Å². The summed E-state index contributed by atoms with van der Waals surface area (Å²) in [5, 5.41) is 12.1. The highest BCUT2D eigenvalue weighted by Crippen LogP contribution is 2.24. The first-order chi connectivity index (χ1) is 7.68. The Labute approximate surface area is 99.4 Å². The van der Waals surface area contributed by atoms with E-state index in [1.807, 2.05) is 47.8 Å². The molecule has 0 amide bonds. The van der Waals surface area contributed by atoms with Gasteiger partial charge >= 0.3 is 0 Å². The minimum absolute atomic E-state index is 0.871. The predicted molar refractivity (Wildman–Crippen MR) is 67.2 cm³/mol. The minimum Gasteiger partial charge on any atom is -0.373 e. The topological polar surface area (TPSA) is 20.2 Å². The molecule has 2 heteroatoms. The summed E-state index contributed by atoms with van der Waals surface area (Å²) in [5.74, 6) is 5.87. The van der Waals surface area contributed by atoms with Crippen LogP contribution in [0.25, 0.3) is 0 Å². The number of benzene rings is 1. The van der Waals surface area contributed by atoms with Crippen LogP contribution >= 0.6 is 11.3 Å². The Hall–Kier alpha value is -1.56. The van der Waals surface area contributed by atoms with Crippen LogP contribution in [0.2, 0.25) is 0 Å². The van der Waals surface area contributed by atoms with Gasteiger partial charge in [0.1, 0.15) is 0 Å². The van der Waals surface area contributed by atoms with Gasteiger partial charge in [0, 0.05) is 10.4 Å². The molecule has 0 spiro atoms. The van der Waals surface area contributed by atoms with Crippen LogP contribution in [0.4, 0.5) is 0 Å². The summed E-state index contributed by atoms with van der Waals surface area (Å²) in [4.78, 5) is 0.871. The summed E-state index contributed by atoms with van der Waals surface area (Å²) < 4.78 is 0. The van der Waals surface area contributed by atoms with E-state index in [2.05, 4.69) is 11.8 Å². The number of hydrogen-bond donors (Lipinski definition) is 1. The van der Waals surface area contributed by atoms with E-state index in [4.69, 9.17) is 0 Å². The average Bonchev–Trinajstić information content (AvgIpc) is 2.82. The summed E-state index contributed by atoms with van der Waals surface area (Å²) in [7, 11) is 0. The molecule has 0 fully saturated rings. The Morgan fingerprint density at radius 3 is 2.50 bits per heavy atom. The monoisotopic (exact) mass is 228 g/mol. The van der Waals surface area contributed by atoms with Gasteiger partial charge in [-0.1, -0.05) is 36.1 Å². The van der Waals surface area contributed by atoms with Crippen molar-refractivity contribution < 1.29 is 5.11 Å². The highest BCUT2D eigenvalue weighted by molar-refractivity contribution is 7.10. The fraction of sp³-hybridized carbons (Fsp3) is 0.143. The van der Waals surface area contributed by atoms with Crippen molar-refractivity contribution in [2.45, 2.75) is 12.5 Å². The number of hydrogen-bond acceptors (Lipinski definition) is 2. The first-order valence-electron chi connectivity index (χ1n) is 5.03. The summed E-state index contributed by atoms with van der Waals surface area (Å²) in [5.41, 5.74) is -0.149. The Morgan fingerprint density at radius 1 is 1.12 bits per heavy atom. The van der Waals surface area contributed by atoms with Crippen LogP contribution in [0.1, 0.15) is 17.4 Å². The smallest absolute Gasteiger partial charge is 0.157 e. The van der Waals surface area contributed by atoms with Crippen molar-refractivity contribution in [2.75, 3.05) is 0 Å². The zero-order valence-corrected chi connectivity index (χ0v) is 9.79. The van der Waals surface area contributed by atoms with Crippen LogP contribution in [-0.4, -0.2) is 5.11 Å². The van der Waals surface area contributed by atoms with Crippen molar-refractivity contribution >= 4 is 11.3 Å². The molecule has 0 aliphatic carbocycles. The lowest BCUT2D eigenvalue weighted by molar-refractivity contribution is 0.126. The van der Waals surface area contributed by atoms with Crippen LogP contribution < -0.4 is 0 Å². The first kappa shape index (κ1) is 10.9. The minimum atomic E-state index is -1.07. The molecule has 16 heavy (non-hydrogen) atoms. The molecule has 0 aliphatic heterocycles. The van der Waals surface area contributed by atoms with E-state index < -0.39 is 5.60 Å². The molecule has 0 bridgehead atoms. The lowest BCUT2D eigenvalue weighted by atomic mass is 10.1. The number of thiophene rings is 1. The first-order valence-corrected chi connectivity index (χ1v) is 5.91. The van der Waals surface area contributed by atoms with Crippen LogP contribution in [0.5, 0.6) is 0 Å². The Balaban J connectivity index is 2.25. The van der Waals surface area contributed by atoms with Gasteiger partial charge in [-0.25, -0.2) is 0 Å². The van der Waals surface area contributed by atoms with Crippen LogP contribution in [-0.2, 0) is 5.60 Å². The number of aliphatic hydroxyl groups is 1. The lowest BCUT2D eigenvalue weighted by Gasteiger charge is -2.13. The Bertz CT molecular complexity index is 501. The van der Waals surface area contributed by atoms with E-state index in [9.17, 15) is 5.11 Å². The largest absolute Gasteiger partial charge is 0.373 e. The lowest BCUT2D eigenvalue weighted by Crippen LogP contribution is -2.16. The van der Waals surface area contributed by atoms with Gasteiger partial charge in [0.2, 0.25) is 0 Å². The maximum Gasteiger partial charge on any atom is 0.157 e. The van der Waals surface area contributed by atoms with Gasteiger partial charge in [0.15, 0.2) is 5.60 Å². The molecular formula is C14H12OS. The highest BCUT2D eigenvalue weighted by atomic mass is 32.1. The molecule has 0 radical (unpaired) electrons. The van der Waals surface area contributed by atoms with E-state index in [0.717, 1.165) is 10.4 Å². The quantitative estimate of drug-likeness (QED) is 0.744. The van der Waals surface area contributed by atoms with Gasteiger partial charge in [0.25, 0.3) is 0 Å². The molecule has 1 heterocycles. The van der Waals surface area contributed by atoms with Crippen molar-refractivity contribution in [1.29, 1.82) is 0 Å². The van der Waals surface area contributed by atoms with Gasteiger partial charge < -0.3 is 5.11 Å². The van der Waals surface area contributed by atoms with Crippen LogP contribution in [0.15, 0.2) is 47.8 Å². The maximum absolute atomic E-state index is 10.2. The second-order valence-corrected chi connectivity index (χ2v) is 4.61. The fourth-order valence-electron chi connectivity index (χ4n) is 1.33. The SMILES string of the molecule is CC(O)(C#Cc1ccccc1)c1cccs1. The molecule has 1 atom stereocenters. The second-order valence-electron chi connectivity index (χ2n) is 3.67. The van der Waals surface area contributed by atoms with Crippen molar-refractivity contribution in [2.24, 2.45) is 0 Å². The maximum atomic E-state index is 10.2. The van der Waals surface area contributed by atoms with Crippen molar-refractivity contribution in [3.05, 3.63) is 58.3 Å². The van der Waals surface area contributed by atoms with E-state index >= 15 is 0 Å². The van der Waals surface area contributed by atoms with Gasteiger partial charge in [0.05, 0.1) is 0 Å². The third-order valence-corrected chi connectivity index (χ3v) is 3.31. The van der Waals surface area contributed by atoms with Crippen LogP contribution in [0.3, 0.4) is 0 Å². The molecule has 80 valence electrons. The molecule has 0 saturated heterocycles. The van der Waals surface area contributed by atoms with E-state index in [1.165, 1.54) is 11.3 Å². The number of rotatable bonds is 1. The van der Waals surface area contributed by atoms with Gasteiger partial charge in [-0.3, -0.25) is 0 Å². The fourth-order valence-corrected chi connectivity index (χ4v) is 2.07. The summed E-state index contributed by atoms with van der Waals surface area (Å²) >= 11 is 1.51. The molecule has 1 aromatic carbocycles. The Morgan fingerprint density at radius 2 is 1.88 bits per heavy atom. The predicted octanol–water partition coefficient (Wildman–Crippen LogP) is 3.01. The molecule has 2 aromatic rings. The third-order valence-electron chi connectivity index (χ3n) is 2.22. The summed E-state index contributed by atoms with van der Waals surface area (Å²) in [6.07, 6.45) is 0. The average molecular weight is 228 g/mol. The zero-order valence-electron chi connectivity index (χ0n) is 8.97. The molecule has 0 saturated carbocycles. The second kappa shape index (κ2) is 4.52. The molecule has 2 rings (SSSR count). The van der Waals surface area contributed by atoms with Crippen molar-refractivity contribution in [1.82, 2.24) is 0 Å². The van der Waals surface area contributed by atoms with E-state index in [1.54, 1.807) is 6.92 Å². The molecular weight excluding hydrogens is 216 g/mol.